The third-order valence-electron chi connectivity index (χ3n) is 4.42. The van der Waals surface area contributed by atoms with Crippen molar-refractivity contribution in [2.24, 2.45) is 10.5 Å². The van der Waals surface area contributed by atoms with Crippen LogP contribution < -0.4 is 5.43 Å². The SMILES string of the molecule is CCOC(=O)c1ccc(-c2ccc(C=NNC(=O)[C@]3(C)CC3(Cl)Cl)o2)cc1. The van der Waals surface area contributed by atoms with Gasteiger partial charge in [0.15, 0.2) is 0 Å². The van der Waals surface area contributed by atoms with Crippen LogP contribution in [-0.2, 0) is 9.53 Å². The third kappa shape index (κ3) is 4.01. The van der Waals surface area contributed by atoms with E-state index < -0.39 is 9.75 Å². The van der Waals surface area contributed by atoms with Crippen LogP contribution in [0.1, 0.15) is 36.4 Å². The monoisotopic (exact) mass is 408 g/mol. The van der Waals surface area contributed by atoms with Gasteiger partial charge in [0, 0.05) is 5.56 Å². The topological polar surface area (TPSA) is 80.9 Å². The van der Waals surface area contributed by atoms with E-state index in [-0.39, 0.29) is 11.9 Å². The highest BCUT2D eigenvalue weighted by molar-refractivity contribution is 6.53. The summed E-state index contributed by atoms with van der Waals surface area (Å²) in [7, 11) is 0. The highest BCUT2D eigenvalue weighted by Gasteiger charge is 2.68. The minimum atomic E-state index is -1.04. The number of ether oxygens (including phenoxy) is 1. The van der Waals surface area contributed by atoms with Crippen LogP contribution in [0.3, 0.4) is 0 Å². The van der Waals surface area contributed by atoms with E-state index in [9.17, 15) is 9.59 Å². The van der Waals surface area contributed by atoms with E-state index >= 15 is 0 Å². The number of nitrogens with one attached hydrogen (secondary N) is 1. The van der Waals surface area contributed by atoms with Crippen LogP contribution >= 0.6 is 23.2 Å². The zero-order valence-electron chi connectivity index (χ0n) is 14.8. The fraction of sp³-hybridized carbons (Fsp3) is 0.316. The van der Waals surface area contributed by atoms with Crippen LogP contribution in [0, 0.1) is 5.41 Å². The Balaban J connectivity index is 1.61. The van der Waals surface area contributed by atoms with Gasteiger partial charge in [-0.15, -0.1) is 23.2 Å². The summed E-state index contributed by atoms with van der Waals surface area (Å²) in [5.74, 6) is 0.357. The molecule has 1 fully saturated rings. The predicted molar refractivity (Wildman–Crippen MR) is 103 cm³/mol. The molecule has 0 aliphatic heterocycles. The molecule has 1 amide bonds. The quantitative estimate of drug-likeness (QED) is 0.336. The fourth-order valence-corrected chi connectivity index (χ4v) is 3.19. The number of esters is 1. The van der Waals surface area contributed by atoms with Crippen molar-refractivity contribution in [3.05, 3.63) is 47.7 Å². The number of carbonyl (C=O) groups is 2. The maximum atomic E-state index is 12.0. The number of furan rings is 1. The number of nitrogens with zero attached hydrogens (tertiary/aromatic N) is 1. The maximum absolute atomic E-state index is 12.0. The van der Waals surface area contributed by atoms with E-state index in [1.165, 1.54) is 6.21 Å². The standard InChI is InChI=1S/C19H18Cl2N2O4/c1-3-26-16(24)13-6-4-12(5-7-13)15-9-8-14(27-15)10-22-23-17(25)18(2)11-19(18,20)21/h4-10H,3,11H2,1-2H3,(H,23,25)/t18-/m0/s1. The molecule has 27 heavy (non-hydrogen) atoms. The number of hydrogen-bond acceptors (Lipinski definition) is 5. The molecule has 1 atom stereocenters. The largest absolute Gasteiger partial charge is 0.462 e. The van der Waals surface area contributed by atoms with E-state index in [0.717, 1.165) is 5.56 Å². The van der Waals surface area contributed by atoms with Gasteiger partial charge >= 0.3 is 5.97 Å². The number of hydrazone groups is 1. The van der Waals surface area contributed by atoms with Gasteiger partial charge in [-0.1, -0.05) is 12.1 Å². The second kappa shape index (κ2) is 7.37. The van der Waals surface area contributed by atoms with Crippen LogP contribution in [0.5, 0.6) is 0 Å². The molecule has 1 N–H and O–H groups in total. The van der Waals surface area contributed by atoms with Crippen LogP contribution in [0.4, 0.5) is 0 Å². The Morgan fingerprint density at radius 2 is 1.93 bits per heavy atom. The molecule has 6 nitrogen and oxygen atoms in total. The van der Waals surface area contributed by atoms with Gasteiger partial charge in [-0.25, -0.2) is 10.2 Å². The van der Waals surface area contributed by atoms with Crippen molar-refractivity contribution in [1.82, 2.24) is 5.43 Å². The first-order valence-corrected chi connectivity index (χ1v) is 9.11. The average molecular weight is 409 g/mol. The Labute approximate surface area is 166 Å². The van der Waals surface area contributed by atoms with Gasteiger partial charge in [0.25, 0.3) is 0 Å². The first-order chi connectivity index (χ1) is 12.8. The number of carbonyl (C=O) groups excluding carboxylic acids is 2. The van der Waals surface area contributed by atoms with E-state index in [2.05, 4.69) is 10.5 Å². The molecular formula is C19H18Cl2N2O4. The molecule has 0 bridgehead atoms. The highest BCUT2D eigenvalue weighted by atomic mass is 35.5. The number of amides is 1. The Morgan fingerprint density at radius 3 is 2.52 bits per heavy atom. The minimum absolute atomic E-state index is 0.327. The summed E-state index contributed by atoms with van der Waals surface area (Å²) >= 11 is 11.9. The summed E-state index contributed by atoms with van der Waals surface area (Å²) in [6.45, 7) is 3.77. The number of rotatable bonds is 6. The van der Waals surface area contributed by atoms with E-state index in [1.54, 1.807) is 50.2 Å². The molecule has 1 heterocycles. The van der Waals surface area contributed by atoms with Gasteiger partial charge in [0.2, 0.25) is 5.91 Å². The lowest BCUT2D eigenvalue weighted by atomic mass is 10.1. The van der Waals surface area contributed by atoms with Crippen molar-refractivity contribution in [2.45, 2.75) is 24.6 Å². The molecule has 142 valence electrons. The molecular weight excluding hydrogens is 391 g/mol. The van der Waals surface area contributed by atoms with E-state index in [1.807, 2.05) is 0 Å². The van der Waals surface area contributed by atoms with Gasteiger partial charge in [0.05, 0.1) is 23.8 Å². The Kier molecular flexibility index (Phi) is 5.31. The van der Waals surface area contributed by atoms with Crippen molar-refractivity contribution >= 4 is 41.3 Å². The molecule has 1 aliphatic carbocycles. The molecule has 0 saturated heterocycles. The van der Waals surface area contributed by atoms with Crippen molar-refractivity contribution in [3.63, 3.8) is 0 Å². The molecule has 1 aromatic heterocycles. The van der Waals surface area contributed by atoms with Crippen molar-refractivity contribution in [2.75, 3.05) is 6.61 Å². The van der Waals surface area contributed by atoms with Crippen LogP contribution in [0.15, 0.2) is 45.9 Å². The molecule has 8 heteroatoms. The smallest absolute Gasteiger partial charge is 0.338 e. The van der Waals surface area contributed by atoms with Crippen LogP contribution in [0.25, 0.3) is 11.3 Å². The lowest BCUT2D eigenvalue weighted by Crippen LogP contribution is -2.29. The van der Waals surface area contributed by atoms with Crippen molar-refractivity contribution in [1.29, 1.82) is 0 Å². The average Bonchev–Trinajstić information content (AvgIpc) is 2.98. The zero-order valence-corrected chi connectivity index (χ0v) is 16.3. The molecule has 2 aromatic rings. The molecule has 0 spiro atoms. The summed E-state index contributed by atoms with van der Waals surface area (Å²) in [6.07, 6.45) is 1.78. The highest BCUT2D eigenvalue weighted by Crippen LogP contribution is 2.63. The summed E-state index contributed by atoms with van der Waals surface area (Å²) < 4.78 is 9.58. The molecule has 0 unspecified atom stereocenters. The van der Waals surface area contributed by atoms with Crippen LogP contribution in [0.2, 0.25) is 0 Å². The van der Waals surface area contributed by atoms with Gasteiger partial charge in [0.1, 0.15) is 15.9 Å². The molecule has 1 aliphatic rings. The summed E-state index contributed by atoms with van der Waals surface area (Å²) in [6, 6.07) is 10.4. The second-order valence-corrected chi connectivity index (χ2v) is 7.90. The second-order valence-electron chi connectivity index (χ2n) is 6.41. The first kappa shape index (κ1) is 19.5. The maximum Gasteiger partial charge on any atom is 0.338 e. The number of hydrogen-bond donors (Lipinski definition) is 1. The van der Waals surface area contributed by atoms with E-state index in [0.29, 0.717) is 30.1 Å². The lowest BCUT2D eigenvalue weighted by molar-refractivity contribution is -0.125. The first-order valence-electron chi connectivity index (χ1n) is 8.35. The number of alkyl halides is 2. The van der Waals surface area contributed by atoms with Crippen molar-refractivity contribution < 1.29 is 18.7 Å². The molecule has 1 saturated carbocycles. The van der Waals surface area contributed by atoms with Gasteiger partial charge in [-0.05, 0) is 44.5 Å². The number of benzene rings is 1. The normalized spacial score (nSPS) is 20.4. The Bertz CT molecular complexity index is 889. The van der Waals surface area contributed by atoms with Gasteiger partial charge < -0.3 is 9.15 Å². The molecule has 3 rings (SSSR count). The van der Waals surface area contributed by atoms with Crippen molar-refractivity contribution in [3.8, 4) is 11.3 Å². The predicted octanol–water partition coefficient (Wildman–Crippen LogP) is 4.16. The summed E-state index contributed by atoms with van der Waals surface area (Å²) in [5.41, 5.74) is 2.86. The van der Waals surface area contributed by atoms with Gasteiger partial charge in [-0.2, -0.15) is 5.10 Å². The van der Waals surface area contributed by atoms with Crippen LogP contribution in [-0.4, -0.2) is 29.0 Å². The Morgan fingerprint density at radius 1 is 1.26 bits per heavy atom. The zero-order chi connectivity index (χ0) is 19.7. The molecule has 1 aromatic carbocycles. The number of halogens is 2. The van der Waals surface area contributed by atoms with Gasteiger partial charge in [-0.3, -0.25) is 4.79 Å². The fourth-order valence-electron chi connectivity index (χ4n) is 2.49. The third-order valence-corrected chi connectivity index (χ3v) is 5.53. The lowest BCUT2D eigenvalue weighted by Gasteiger charge is -2.08. The molecule has 0 radical (unpaired) electrons. The summed E-state index contributed by atoms with van der Waals surface area (Å²) in [5, 5.41) is 3.88. The minimum Gasteiger partial charge on any atom is -0.462 e. The van der Waals surface area contributed by atoms with E-state index in [4.69, 9.17) is 32.4 Å². The summed E-state index contributed by atoms with van der Waals surface area (Å²) in [4.78, 5) is 23.7. The Hall–Kier alpha value is -2.31.